The fourth-order valence-corrected chi connectivity index (χ4v) is 3.45. The Balaban J connectivity index is 1.47. The standard InChI is InChI=1S/C20H23ClFN/c21-19-10-8-18(9-11-19)20(22)12-15-23(16-13-20)14-4-7-17-5-2-1-3-6-17/h1-3,5-6,8-11H,4,7,12-16H2. The van der Waals surface area contributed by atoms with Gasteiger partial charge in [0, 0.05) is 18.1 Å². The largest absolute Gasteiger partial charge is 0.303 e. The van der Waals surface area contributed by atoms with E-state index in [9.17, 15) is 0 Å². The normalized spacial score (nSPS) is 18.0. The molecule has 1 saturated heterocycles. The summed E-state index contributed by atoms with van der Waals surface area (Å²) >= 11 is 5.90. The number of benzene rings is 2. The van der Waals surface area contributed by atoms with Crippen LogP contribution in [0.1, 0.15) is 30.4 Å². The van der Waals surface area contributed by atoms with E-state index in [0.29, 0.717) is 17.9 Å². The molecule has 1 heterocycles. The summed E-state index contributed by atoms with van der Waals surface area (Å²) in [7, 11) is 0. The van der Waals surface area contributed by atoms with Crippen LogP contribution < -0.4 is 0 Å². The number of halogens is 2. The first-order valence-electron chi connectivity index (χ1n) is 8.37. The van der Waals surface area contributed by atoms with E-state index in [4.69, 9.17) is 11.6 Å². The Morgan fingerprint density at radius 2 is 1.61 bits per heavy atom. The van der Waals surface area contributed by atoms with Gasteiger partial charge in [0.1, 0.15) is 5.67 Å². The number of rotatable bonds is 5. The number of likely N-dealkylation sites (tertiary alicyclic amines) is 1. The predicted octanol–water partition coefficient (Wildman–Crippen LogP) is 5.23. The third-order valence-electron chi connectivity index (χ3n) is 4.79. The molecule has 3 heteroatoms. The van der Waals surface area contributed by atoms with E-state index in [0.717, 1.165) is 38.0 Å². The molecule has 0 aromatic heterocycles. The van der Waals surface area contributed by atoms with Crippen molar-refractivity contribution in [1.29, 1.82) is 0 Å². The quantitative estimate of drug-likeness (QED) is 0.724. The molecule has 0 spiro atoms. The lowest BCUT2D eigenvalue weighted by molar-refractivity contribution is 0.0556. The highest BCUT2D eigenvalue weighted by molar-refractivity contribution is 6.30. The maximum atomic E-state index is 15.1. The van der Waals surface area contributed by atoms with Gasteiger partial charge >= 0.3 is 0 Å². The molecule has 1 fully saturated rings. The number of aryl methyl sites for hydroxylation is 1. The lowest BCUT2D eigenvalue weighted by atomic mass is 9.86. The molecule has 1 aliphatic rings. The molecule has 122 valence electrons. The Hall–Kier alpha value is -1.38. The zero-order valence-electron chi connectivity index (χ0n) is 13.3. The van der Waals surface area contributed by atoms with Gasteiger partial charge in [-0.05, 0) is 55.5 Å². The van der Waals surface area contributed by atoms with Gasteiger partial charge in [-0.2, -0.15) is 0 Å². The SMILES string of the molecule is FC1(c2ccc(Cl)cc2)CCN(CCCc2ccccc2)CC1. The number of nitrogens with zero attached hydrogens (tertiary/aromatic N) is 1. The molecule has 0 saturated carbocycles. The van der Waals surface area contributed by atoms with Crippen LogP contribution in [0.15, 0.2) is 54.6 Å². The maximum absolute atomic E-state index is 15.1. The highest BCUT2D eigenvalue weighted by Gasteiger charge is 2.35. The second-order valence-electron chi connectivity index (χ2n) is 6.40. The third kappa shape index (κ3) is 4.33. The van der Waals surface area contributed by atoms with Crippen LogP contribution in [0.25, 0.3) is 0 Å². The molecule has 0 radical (unpaired) electrons. The summed E-state index contributed by atoms with van der Waals surface area (Å²) in [4.78, 5) is 2.39. The highest BCUT2D eigenvalue weighted by Crippen LogP contribution is 2.37. The number of piperidine rings is 1. The molecule has 2 aromatic carbocycles. The Labute approximate surface area is 143 Å². The lowest BCUT2D eigenvalue weighted by Gasteiger charge is -2.36. The number of alkyl halides is 1. The topological polar surface area (TPSA) is 3.24 Å². The van der Waals surface area contributed by atoms with Gasteiger partial charge in [-0.25, -0.2) is 4.39 Å². The second-order valence-corrected chi connectivity index (χ2v) is 6.84. The van der Waals surface area contributed by atoms with Crippen LogP contribution >= 0.6 is 11.6 Å². The van der Waals surface area contributed by atoms with Gasteiger partial charge in [-0.1, -0.05) is 54.1 Å². The maximum Gasteiger partial charge on any atom is 0.138 e. The monoisotopic (exact) mass is 331 g/mol. The molecule has 1 nitrogen and oxygen atoms in total. The molecule has 1 aliphatic heterocycles. The van der Waals surface area contributed by atoms with Gasteiger partial charge in [-0.15, -0.1) is 0 Å². The van der Waals surface area contributed by atoms with Crippen molar-refractivity contribution in [2.45, 2.75) is 31.4 Å². The zero-order chi connectivity index (χ0) is 16.1. The number of hydrogen-bond donors (Lipinski definition) is 0. The lowest BCUT2D eigenvalue weighted by Crippen LogP contribution is -2.40. The van der Waals surface area contributed by atoms with Crippen LogP contribution in [0.2, 0.25) is 5.02 Å². The molecule has 0 amide bonds. The summed E-state index contributed by atoms with van der Waals surface area (Å²) in [5.74, 6) is 0. The fraction of sp³-hybridized carbons (Fsp3) is 0.400. The summed E-state index contributed by atoms with van der Waals surface area (Å²) in [5.41, 5.74) is 0.955. The Kier molecular flexibility index (Phi) is 5.34. The smallest absolute Gasteiger partial charge is 0.138 e. The minimum atomic E-state index is -1.19. The van der Waals surface area contributed by atoms with E-state index in [1.807, 2.05) is 18.2 Å². The molecule has 0 aliphatic carbocycles. The van der Waals surface area contributed by atoms with Crippen molar-refractivity contribution < 1.29 is 4.39 Å². The first-order chi connectivity index (χ1) is 11.2. The summed E-state index contributed by atoms with van der Waals surface area (Å²) < 4.78 is 15.1. The van der Waals surface area contributed by atoms with E-state index in [1.54, 1.807) is 12.1 Å². The molecular formula is C20H23ClFN. The Bertz CT molecular complexity index is 603. The number of hydrogen-bond acceptors (Lipinski definition) is 1. The highest BCUT2D eigenvalue weighted by atomic mass is 35.5. The molecule has 0 N–H and O–H groups in total. The van der Waals surface area contributed by atoms with Crippen LogP contribution in [0.3, 0.4) is 0 Å². The third-order valence-corrected chi connectivity index (χ3v) is 5.04. The van der Waals surface area contributed by atoms with Crippen molar-refractivity contribution in [3.63, 3.8) is 0 Å². The molecule has 0 atom stereocenters. The first kappa shape index (κ1) is 16.5. The molecule has 2 aromatic rings. The minimum absolute atomic E-state index is 0.569. The van der Waals surface area contributed by atoms with Crippen molar-refractivity contribution in [1.82, 2.24) is 4.90 Å². The van der Waals surface area contributed by atoms with Crippen molar-refractivity contribution >= 4 is 11.6 Å². The molecule has 0 unspecified atom stereocenters. The fourth-order valence-electron chi connectivity index (χ4n) is 3.32. The predicted molar refractivity (Wildman–Crippen MR) is 94.7 cm³/mol. The van der Waals surface area contributed by atoms with Gasteiger partial charge in [-0.3, -0.25) is 0 Å². The Morgan fingerprint density at radius 3 is 2.26 bits per heavy atom. The van der Waals surface area contributed by atoms with Crippen LogP contribution in [0.4, 0.5) is 4.39 Å². The molecule has 0 bridgehead atoms. The van der Waals surface area contributed by atoms with Crippen molar-refractivity contribution in [2.75, 3.05) is 19.6 Å². The van der Waals surface area contributed by atoms with E-state index >= 15 is 4.39 Å². The zero-order valence-corrected chi connectivity index (χ0v) is 14.1. The van der Waals surface area contributed by atoms with Gasteiger partial charge in [0.05, 0.1) is 0 Å². The van der Waals surface area contributed by atoms with Crippen LogP contribution in [0, 0.1) is 0 Å². The molecule has 3 rings (SSSR count). The van der Waals surface area contributed by atoms with E-state index < -0.39 is 5.67 Å². The van der Waals surface area contributed by atoms with E-state index in [-0.39, 0.29) is 0 Å². The average Bonchev–Trinajstić information content (AvgIpc) is 2.58. The van der Waals surface area contributed by atoms with Crippen molar-refractivity contribution in [2.24, 2.45) is 0 Å². The Morgan fingerprint density at radius 1 is 0.957 bits per heavy atom. The van der Waals surface area contributed by atoms with Crippen molar-refractivity contribution in [3.8, 4) is 0 Å². The van der Waals surface area contributed by atoms with Gasteiger partial charge in [0.25, 0.3) is 0 Å². The van der Waals surface area contributed by atoms with E-state index in [1.165, 1.54) is 5.56 Å². The van der Waals surface area contributed by atoms with Gasteiger partial charge in [0.15, 0.2) is 0 Å². The van der Waals surface area contributed by atoms with Gasteiger partial charge < -0.3 is 4.90 Å². The minimum Gasteiger partial charge on any atom is -0.303 e. The van der Waals surface area contributed by atoms with Crippen molar-refractivity contribution in [3.05, 3.63) is 70.7 Å². The van der Waals surface area contributed by atoms with E-state index in [2.05, 4.69) is 29.2 Å². The average molecular weight is 332 g/mol. The van der Waals surface area contributed by atoms with Gasteiger partial charge in [0.2, 0.25) is 0 Å². The first-order valence-corrected chi connectivity index (χ1v) is 8.75. The second kappa shape index (κ2) is 7.46. The molecule has 23 heavy (non-hydrogen) atoms. The summed E-state index contributed by atoms with van der Waals surface area (Å²) in [6, 6.07) is 17.8. The summed E-state index contributed by atoms with van der Waals surface area (Å²) in [6.45, 7) is 2.70. The summed E-state index contributed by atoms with van der Waals surface area (Å²) in [6.07, 6.45) is 3.36. The molecular weight excluding hydrogens is 309 g/mol. The van der Waals surface area contributed by atoms with Crippen LogP contribution in [-0.2, 0) is 12.1 Å². The van der Waals surface area contributed by atoms with Crippen LogP contribution in [0.5, 0.6) is 0 Å². The van der Waals surface area contributed by atoms with Crippen LogP contribution in [-0.4, -0.2) is 24.5 Å². The summed E-state index contributed by atoms with van der Waals surface area (Å²) in [5, 5.41) is 0.663.